The van der Waals surface area contributed by atoms with Gasteiger partial charge in [0.25, 0.3) is 0 Å². The summed E-state index contributed by atoms with van der Waals surface area (Å²) in [5, 5.41) is 0. The molecule has 1 aliphatic carbocycles. The molecule has 1 nitrogen and oxygen atoms in total. The molecule has 0 aromatic carbocycles. The van der Waals surface area contributed by atoms with E-state index in [1.807, 2.05) is 0 Å². The second kappa shape index (κ2) is 5.86. The summed E-state index contributed by atoms with van der Waals surface area (Å²) < 4.78 is 5.97. The van der Waals surface area contributed by atoms with E-state index < -0.39 is 0 Å². The van der Waals surface area contributed by atoms with Crippen molar-refractivity contribution < 1.29 is 4.74 Å². The van der Waals surface area contributed by atoms with Crippen molar-refractivity contribution in [1.82, 2.24) is 0 Å². The Hall–Kier alpha value is 0.440. The number of alkyl halides is 1. The lowest BCUT2D eigenvalue weighted by molar-refractivity contribution is -0.144. The summed E-state index contributed by atoms with van der Waals surface area (Å²) in [4.78, 5) is 0.748. The van der Waals surface area contributed by atoms with Gasteiger partial charge in [-0.3, -0.25) is 0 Å². The van der Waals surface area contributed by atoms with E-state index in [1.54, 1.807) is 0 Å². The smallest absolute Gasteiger partial charge is 0.0685 e. The van der Waals surface area contributed by atoms with E-state index >= 15 is 0 Å². The van der Waals surface area contributed by atoms with Crippen LogP contribution < -0.4 is 0 Å². The summed E-state index contributed by atoms with van der Waals surface area (Å²) in [5.41, 5.74) is 0.343. The minimum absolute atomic E-state index is 0.343. The van der Waals surface area contributed by atoms with E-state index in [-0.39, 0.29) is 0 Å². The van der Waals surface area contributed by atoms with Crippen molar-refractivity contribution in [3.8, 4) is 0 Å². The highest BCUT2D eigenvalue weighted by molar-refractivity contribution is 9.09. The molecule has 0 N–H and O–H groups in total. The fourth-order valence-corrected chi connectivity index (χ4v) is 3.89. The summed E-state index contributed by atoms with van der Waals surface area (Å²) >= 11 is 3.79. The highest BCUT2D eigenvalue weighted by Crippen LogP contribution is 2.45. The molecule has 2 fully saturated rings. The quantitative estimate of drug-likeness (QED) is 0.668. The third-order valence-corrected chi connectivity index (χ3v) is 5.27. The lowest BCUT2D eigenvalue weighted by Crippen LogP contribution is -2.45. The Balaban J connectivity index is 1.69. The largest absolute Gasteiger partial charge is 0.375 e. The second-order valence-electron chi connectivity index (χ2n) is 5.71. The molecule has 0 aromatic rings. The highest BCUT2D eigenvalue weighted by Gasteiger charge is 2.42. The van der Waals surface area contributed by atoms with E-state index in [1.165, 1.54) is 57.8 Å². The number of hydrogen-bond donors (Lipinski definition) is 0. The average molecular weight is 289 g/mol. The first-order valence-electron chi connectivity index (χ1n) is 7.02. The van der Waals surface area contributed by atoms with Gasteiger partial charge in [-0.1, -0.05) is 29.3 Å². The average Bonchev–Trinajstić information content (AvgIpc) is 2.25. The van der Waals surface area contributed by atoms with E-state index in [0.29, 0.717) is 5.60 Å². The zero-order valence-corrected chi connectivity index (χ0v) is 12.1. The summed E-state index contributed by atoms with van der Waals surface area (Å²) in [6.45, 7) is 3.29. The van der Waals surface area contributed by atoms with Crippen LogP contribution in [-0.4, -0.2) is 17.0 Å². The van der Waals surface area contributed by atoms with Crippen molar-refractivity contribution in [2.75, 3.05) is 6.61 Å². The van der Waals surface area contributed by atoms with E-state index in [9.17, 15) is 0 Å². The van der Waals surface area contributed by atoms with Crippen molar-refractivity contribution in [3.63, 3.8) is 0 Å². The maximum Gasteiger partial charge on any atom is 0.0685 e. The van der Waals surface area contributed by atoms with Crippen molar-refractivity contribution in [2.24, 2.45) is 5.92 Å². The van der Waals surface area contributed by atoms with Crippen LogP contribution in [-0.2, 0) is 4.74 Å². The number of halogens is 1. The Morgan fingerprint density at radius 1 is 1.38 bits per heavy atom. The van der Waals surface area contributed by atoms with Gasteiger partial charge >= 0.3 is 0 Å². The van der Waals surface area contributed by atoms with Crippen LogP contribution in [0.2, 0.25) is 0 Å². The van der Waals surface area contributed by atoms with Crippen LogP contribution in [0.5, 0.6) is 0 Å². The van der Waals surface area contributed by atoms with Gasteiger partial charge in [-0.15, -0.1) is 0 Å². The van der Waals surface area contributed by atoms with Gasteiger partial charge in [-0.05, 0) is 57.3 Å². The molecule has 94 valence electrons. The van der Waals surface area contributed by atoms with Gasteiger partial charge in [0.15, 0.2) is 0 Å². The Kier molecular flexibility index (Phi) is 4.72. The topological polar surface area (TPSA) is 9.23 Å². The molecular formula is C14H25BrO. The molecule has 2 unspecified atom stereocenters. The molecule has 0 bridgehead atoms. The first-order chi connectivity index (χ1) is 7.74. The molecule has 1 spiro atoms. The highest BCUT2D eigenvalue weighted by atomic mass is 79.9. The second-order valence-corrected chi connectivity index (χ2v) is 7.00. The number of rotatable bonds is 5. The molecule has 2 aliphatic rings. The maximum absolute atomic E-state index is 5.97. The Labute approximate surface area is 108 Å². The molecule has 1 saturated carbocycles. The minimum atomic E-state index is 0.343. The zero-order valence-electron chi connectivity index (χ0n) is 10.5. The first-order valence-corrected chi connectivity index (χ1v) is 7.94. The van der Waals surface area contributed by atoms with Crippen molar-refractivity contribution >= 4 is 15.9 Å². The van der Waals surface area contributed by atoms with Crippen LogP contribution in [0.1, 0.15) is 64.7 Å². The number of hydrogen-bond acceptors (Lipinski definition) is 1. The van der Waals surface area contributed by atoms with Crippen molar-refractivity contribution in [1.29, 1.82) is 0 Å². The maximum atomic E-state index is 5.97. The van der Waals surface area contributed by atoms with E-state index in [0.717, 1.165) is 17.4 Å². The first kappa shape index (κ1) is 12.9. The fourth-order valence-electron chi connectivity index (χ4n) is 3.17. The Morgan fingerprint density at radius 2 is 2.19 bits per heavy atom. The molecular weight excluding hydrogens is 264 g/mol. The molecule has 2 heteroatoms. The van der Waals surface area contributed by atoms with E-state index in [2.05, 4.69) is 22.9 Å². The van der Waals surface area contributed by atoms with Crippen LogP contribution in [0.25, 0.3) is 0 Å². The summed E-state index contributed by atoms with van der Waals surface area (Å²) in [5.74, 6) is 0.936. The standard InChI is InChI=1S/C14H25BrO/c1-2-4-13(15)6-5-12-7-10-16-14(11-12)8-3-9-14/h12-13H,2-11H2,1H3. The lowest BCUT2D eigenvalue weighted by Gasteiger charge is -2.47. The van der Waals surface area contributed by atoms with E-state index in [4.69, 9.17) is 4.74 Å². The van der Waals surface area contributed by atoms with Crippen LogP contribution >= 0.6 is 15.9 Å². The van der Waals surface area contributed by atoms with Gasteiger partial charge in [0.2, 0.25) is 0 Å². The van der Waals surface area contributed by atoms with Gasteiger partial charge in [-0.25, -0.2) is 0 Å². The zero-order chi connectivity index (χ0) is 11.4. The molecule has 0 radical (unpaired) electrons. The van der Waals surface area contributed by atoms with Gasteiger partial charge < -0.3 is 4.74 Å². The van der Waals surface area contributed by atoms with Crippen LogP contribution in [0.3, 0.4) is 0 Å². The third kappa shape index (κ3) is 3.22. The normalized spacial score (nSPS) is 30.0. The Bertz CT molecular complexity index is 213. The predicted molar refractivity (Wildman–Crippen MR) is 72.1 cm³/mol. The molecule has 1 heterocycles. The molecule has 1 saturated heterocycles. The summed E-state index contributed by atoms with van der Waals surface area (Å²) in [6, 6.07) is 0. The third-order valence-electron chi connectivity index (χ3n) is 4.35. The minimum Gasteiger partial charge on any atom is -0.375 e. The molecule has 0 amide bonds. The SMILES string of the molecule is CCCC(Br)CCC1CCOC2(CCC2)C1. The van der Waals surface area contributed by atoms with Crippen molar-refractivity contribution in [2.45, 2.75) is 75.1 Å². The van der Waals surface area contributed by atoms with Crippen LogP contribution in [0.4, 0.5) is 0 Å². The van der Waals surface area contributed by atoms with Gasteiger partial charge in [0.05, 0.1) is 5.60 Å². The predicted octanol–water partition coefficient (Wildman–Crippen LogP) is 4.68. The summed E-state index contributed by atoms with van der Waals surface area (Å²) in [6.07, 6.45) is 12.1. The summed E-state index contributed by atoms with van der Waals surface area (Å²) in [7, 11) is 0. The molecule has 2 atom stereocenters. The van der Waals surface area contributed by atoms with Crippen LogP contribution in [0.15, 0.2) is 0 Å². The Morgan fingerprint density at radius 3 is 2.81 bits per heavy atom. The molecule has 16 heavy (non-hydrogen) atoms. The van der Waals surface area contributed by atoms with Gasteiger partial charge in [0.1, 0.15) is 0 Å². The lowest BCUT2D eigenvalue weighted by atomic mass is 9.71. The number of ether oxygens (including phenoxy) is 1. The molecule has 0 aromatic heterocycles. The van der Waals surface area contributed by atoms with Crippen LogP contribution in [0, 0.1) is 5.92 Å². The van der Waals surface area contributed by atoms with Crippen molar-refractivity contribution in [3.05, 3.63) is 0 Å². The monoisotopic (exact) mass is 288 g/mol. The molecule has 2 rings (SSSR count). The van der Waals surface area contributed by atoms with Gasteiger partial charge in [0, 0.05) is 11.4 Å². The van der Waals surface area contributed by atoms with Gasteiger partial charge in [-0.2, -0.15) is 0 Å². The fraction of sp³-hybridized carbons (Fsp3) is 1.00. The molecule has 1 aliphatic heterocycles.